The molecule has 1 N–H and O–H groups in total. The van der Waals surface area contributed by atoms with Crippen molar-refractivity contribution in [1.82, 2.24) is 0 Å². The van der Waals surface area contributed by atoms with Gasteiger partial charge in [-0.3, -0.25) is 10.1 Å². The Bertz CT molecular complexity index is 447. The summed E-state index contributed by atoms with van der Waals surface area (Å²) in [5.41, 5.74) is 0.797. The van der Waals surface area contributed by atoms with Gasteiger partial charge in [-0.2, -0.15) is 0 Å². The summed E-state index contributed by atoms with van der Waals surface area (Å²) in [7, 11) is 0. The van der Waals surface area contributed by atoms with Crippen molar-refractivity contribution in [2.45, 2.75) is 38.6 Å². The molecule has 1 saturated carbocycles. The summed E-state index contributed by atoms with van der Waals surface area (Å²) in [6.45, 7) is 2.13. The highest BCUT2D eigenvalue weighted by molar-refractivity contribution is 6.32. The topological polar surface area (TPSA) is 55.2 Å². The molecule has 1 aromatic rings. The van der Waals surface area contributed by atoms with E-state index in [1.807, 2.05) is 0 Å². The van der Waals surface area contributed by atoms with Crippen molar-refractivity contribution < 1.29 is 4.92 Å². The van der Waals surface area contributed by atoms with Gasteiger partial charge in [0, 0.05) is 17.8 Å². The molecule has 2 rings (SSSR count). The third-order valence-corrected chi connectivity index (χ3v) is 3.77. The van der Waals surface area contributed by atoms with Gasteiger partial charge in [0.25, 0.3) is 5.69 Å². The van der Waals surface area contributed by atoms with Crippen LogP contribution in [0, 0.1) is 16.0 Å². The van der Waals surface area contributed by atoms with Crippen LogP contribution < -0.4 is 5.32 Å². The lowest BCUT2D eigenvalue weighted by atomic mass is 9.81. The fourth-order valence-electron chi connectivity index (χ4n) is 2.32. The largest absolute Gasteiger partial charge is 0.383 e. The zero-order valence-electron chi connectivity index (χ0n) is 10.4. The van der Waals surface area contributed by atoms with E-state index in [1.54, 1.807) is 12.1 Å². The number of rotatable bonds is 5. The van der Waals surface area contributed by atoms with E-state index < -0.39 is 4.92 Å². The molecule has 0 amide bonds. The summed E-state index contributed by atoms with van der Waals surface area (Å²) in [6, 6.07) is 5.15. The van der Waals surface area contributed by atoms with Gasteiger partial charge < -0.3 is 5.32 Å². The van der Waals surface area contributed by atoms with Crippen LogP contribution in [-0.2, 0) is 0 Å². The van der Waals surface area contributed by atoms with Crippen molar-refractivity contribution in [1.29, 1.82) is 0 Å². The molecule has 0 radical (unpaired) electrons. The lowest BCUT2D eigenvalue weighted by molar-refractivity contribution is -0.384. The Morgan fingerprint density at radius 3 is 2.78 bits per heavy atom. The number of hydrogen-bond donors (Lipinski definition) is 1. The van der Waals surface area contributed by atoms with Crippen LogP contribution >= 0.6 is 11.6 Å². The zero-order valence-corrected chi connectivity index (χ0v) is 11.1. The molecular formula is C13H17ClN2O2. The Morgan fingerprint density at radius 1 is 1.56 bits per heavy atom. The van der Waals surface area contributed by atoms with Crippen LogP contribution in [0.1, 0.15) is 32.6 Å². The Hall–Kier alpha value is -1.29. The number of nitro benzene ring substituents is 1. The van der Waals surface area contributed by atoms with E-state index in [1.165, 1.54) is 25.3 Å². The maximum atomic E-state index is 10.6. The van der Waals surface area contributed by atoms with E-state index >= 15 is 0 Å². The van der Waals surface area contributed by atoms with Crippen molar-refractivity contribution in [3.8, 4) is 0 Å². The van der Waals surface area contributed by atoms with Crippen LogP contribution in [0.3, 0.4) is 0 Å². The van der Waals surface area contributed by atoms with E-state index in [-0.39, 0.29) is 10.7 Å². The predicted molar refractivity (Wildman–Crippen MR) is 73.1 cm³/mol. The summed E-state index contributed by atoms with van der Waals surface area (Å²) < 4.78 is 0. The van der Waals surface area contributed by atoms with E-state index in [2.05, 4.69) is 12.2 Å². The molecule has 1 atom stereocenters. The van der Waals surface area contributed by atoms with Crippen molar-refractivity contribution >= 4 is 23.0 Å². The Morgan fingerprint density at radius 2 is 2.28 bits per heavy atom. The fourth-order valence-corrected chi connectivity index (χ4v) is 2.57. The SMILES string of the molecule is CC(CC1CCC1)Nc1ccc([N+](=O)[O-])c(Cl)c1. The second-order valence-electron chi connectivity index (χ2n) is 5.00. The summed E-state index contributed by atoms with van der Waals surface area (Å²) in [5, 5.41) is 14.2. The molecule has 0 heterocycles. The maximum absolute atomic E-state index is 10.6. The molecule has 98 valence electrons. The quantitative estimate of drug-likeness (QED) is 0.642. The monoisotopic (exact) mass is 268 g/mol. The molecular weight excluding hydrogens is 252 g/mol. The second kappa shape index (κ2) is 5.57. The molecule has 0 bridgehead atoms. The van der Waals surface area contributed by atoms with Gasteiger partial charge >= 0.3 is 0 Å². The lowest BCUT2D eigenvalue weighted by Crippen LogP contribution is -2.23. The van der Waals surface area contributed by atoms with Crippen LogP contribution in [0.2, 0.25) is 5.02 Å². The van der Waals surface area contributed by atoms with E-state index in [0.29, 0.717) is 6.04 Å². The van der Waals surface area contributed by atoms with Crippen LogP contribution in [0.25, 0.3) is 0 Å². The van der Waals surface area contributed by atoms with Gasteiger partial charge in [0.2, 0.25) is 0 Å². The van der Waals surface area contributed by atoms with E-state index in [9.17, 15) is 10.1 Å². The number of nitrogens with zero attached hydrogens (tertiary/aromatic N) is 1. The number of nitrogens with one attached hydrogen (secondary N) is 1. The molecule has 0 aromatic heterocycles. The van der Waals surface area contributed by atoms with Crippen molar-refractivity contribution in [3.63, 3.8) is 0 Å². The lowest BCUT2D eigenvalue weighted by Gasteiger charge is -2.28. The Labute approximate surface area is 111 Å². The van der Waals surface area contributed by atoms with E-state index in [0.717, 1.165) is 18.0 Å². The Kier molecular flexibility index (Phi) is 4.07. The normalized spacial score (nSPS) is 17.0. The molecule has 1 unspecified atom stereocenters. The smallest absolute Gasteiger partial charge is 0.288 e. The van der Waals surface area contributed by atoms with Crippen molar-refractivity contribution in [3.05, 3.63) is 33.3 Å². The third-order valence-electron chi connectivity index (χ3n) is 3.47. The van der Waals surface area contributed by atoms with Gasteiger partial charge in [-0.15, -0.1) is 0 Å². The van der Waals surface area contributed by atoms with Crippen LogP contribution in [0.4, 0.5) is 11.4 Å². The molecule has 0 saturated heterocycles. The minimum absolute atomic E-state index is 0.0473. The highest BCUT2D eigenvalue weighted by atomic mass is 35.5. The number of benzene rings is 1. The molecule has 1 aliphatic rings. The summed E-state index contributed by atoms with van der Waals surface area (Å²) in [4.78, 5) is 10.2. The van der Waals surface area contributed by atoms with Crippen molar-refractivity contribution in [2.75, 3.05) is 5.32 Å². The van der Waals surface area contributed by atoms with Crippen LogP contribution in [-0.4, -0.2) is 11.0 Å². The van der Waals surface area contributed by atoms with Crippen LogP contribution in [0.5, 0.6) is 0 Å². The first-order valence-corrected chi connectivity index (χ1v) is 6.64. The van der Waals surface area contributed by atoms with Gasteiger partial charge in [0.15, 0.2) is 0 Å². The molecule has 1 fully saturated rings. The molecule has 0 aliphatic heterocycles. The first-order valence-electron chi connectivity index (χ1n) is 6.26. The van der Waals surface area contributed by atoms with E-state index in [4.69, 9.17) is 11.6 Å². The highest BCUT2D eigenvalue weighted by Gasteiger charge is 2.20. The number of anilines is 1. The van der Waals surface area contributed by atoms with Gasteiger partial charge in [-0.25, -0.2) is 0 Å². The standard InChI is InChI=1S/C13H17ClN2O2/c1-9(7-10-3-2-4-10)15-11-5-6-13(16(17)18)12(14)8-11/h5-6,8-10,15H,2-4,7H2,1H3. The van der Waals surface area contributed by atoms with Gasteiger partial charge in [0.1, 0.15) is 5.02 Å². The summed E-state index contributed by atoms with van der Waals surface area (Å²) in [6.07, 6.45) is 5.15. The number of halogens is 1. The van der Waals surface area contributed by atoms with Gasteiger partial charge in [-0.1, -0.05) is 30.9 Å². The second-order valence-corrected chi connectivity index (χ2v) is 5.41. The van der Waals surface area contributed by atoms with Crippen LogP contribution in [0.15, 0.2) is 18.2 Å². The molecule has 1 aromatic carbocycles. The third kappa shape index (κ3) is 3.13. The summed E-state index contributed by atoms with van der Waals surface area (Å²) >= 11 is 5.87. The molecule has 5 heteroatoms. The Balaban J connectivity index is 1.96. The summed E-state index contributed by atoms with van der Waals surface area (Å²) in [5.74, 6) is 0.834. The molecule has 18 heavy (non-hydrogen) atoms. The molecule has 1 aliphatic carbocycles. The fraction of sp³-hybridized carbons (Fsp3) is 0.538. The molecule has 0 spiro atoms. The number of hydrogen-bond acceptors (Lipinski definition) is 3. The highest BCUT2D eigenvalue weighted by Crippen LogP contribution is 2.32. The predicted octanol–water partition coefficient (Wildman–Crippen LogP) is 4.24. The maximum Gasteiger partial charge on any atom is 0.288 e. The zero-order chi connectivity index (χ0) is 13.1. The van der Waals surface area contributed by atoms with Crippen molar-refractivity contribution in [2.24, 2.45) is 5.92 Å². The minimum Gasteiger partial charge on any atom is -0.383 e. The first kappa shape index (κ1) is 13.1. The molecule has 4 nitrogen and oxygen atoms in total. The average Bonchev–Trinajstić information content (AvgIpc) is 2.23. The first-order chi connectivity index (χ1) is 8.56. The van der Waals surface area contributed by atoms with Gasteiger partial charge in [-0.05, 0) is 31.4 Å². The van der Waals surface area contributed by atoms with Gasteiger partial charge in [0.05, 0.1) is 4.92 Å². The number of nitro groups is 1. The average molecular weight is 269 g/mol. The minimum atomic E-state index is -0.468.